The molecule has 6 heteroatoms. The molecule has 0 aliphatic heterocycles. The standard InChI is InChI=1S/C20H16ClNO4/c1-2-26-20(25)18(19(23)24)14-6-10-17-13(11-14)5-9-16(22-17)12-3-7-15(21)8-4-12/h3-11,18H,2H2,1H3,(H,23,24). The fourth-order valence-corrected chi connectivity index (χ4v) is 2.84. The molecule has 26 heavy (non-hydrogen) atoms. The number of rotatable bonds is 5. The Kier molecular flexibility index (Phi) is 5.19. The third-order valence-electron chi connectivity index (χ3n) is 3.96. The van der Waals surface area contributed by atoms with E-state index < -0.39 is 17.9 Å². The molecular formula is C20H16ClNO4. The molecule has 5 nitrogen and oxygen atoms in total. The van der Waals surface area contributed by atoms with E-state index in [0.717, 1.165) is 16.6 Å². The molecule has 132 valence electrons. The summed E-state index contributed by atoms with van der Waals surface area (Å²) in [4.78, 5) is 28.0. The topological polar surface area (TPSA) is 76.5 Å². The molecule has 0 fully saturated rings. The van der Waals surface area contributed by atoms with Crippen LogP contribution in [-0.4, -0.2) is 28.6 Å². The molecule has 1 heterocycles. The molecule has 3 rings (SSSR count). The van der Waals surface area contributed by atoms with Gasteiger partial charge in [0.1, 0.15) is 0 Å². The summed E-state index contributed by atoms with van der Waals surface area (Å²) < 4.78 is 4.87. The predicted molar refractivity (Wildman–Crippen MR) is 99.2 cm³/mol. The number of aromatic nitrogens is 1. The van der Waals surface area contributed by atoms with Crippen LogP contribution in [0, 0.1) is 0 Å². The van der Waals surface area contributed by atoms with Crippen molar-refractivity contribution in [1.29, 1.82) is 0 Å². The van der Waals surface area contributed by atoms with Gasteiger partial charge < -0.3 is 9.84 Å². The third-order valence-corrected chi connectivity index (χ3v) is 4.21. The number of halogens is 1. The normalized spacial score (nSPS) is 11.9. The van der Waals surface area contributed by atoms with Gasteiger partial charge in [0.25, 0.3) is 0 Å². The van der Waals surface area contributed by atoms with Crippen molar-refractivity contribution in [3.05, 3.63) is 65.2 Å². The third kappa shape index (κ3) is 3.68. The van der Waals surface area contributed by atoms with Crippen LogP contribution in [-0.2, 0) is 14.3 Å². The molecule has 0 radical (unpaired) electrons. The van der Waals surface area contributed by atoms with Crippen LogP contribution in [0.15, 0.2) is 54.6 Å². The smallest absolute Gasteiger partial charge is 0.324 e. The Balaban J connectivity index is 1.99. The number of fused-ring (bicyclic) bond motifs is 1. The number of hydrogen-bond acceptors (Lipinski definition) is 4. The van der Waals surface area contributed by atoms with Crippen LogP contribution in [0.1, 0.15) is 18.4 Å². The second-order valence-corrected chi connectivity index (χ2v) is 6.12. The van der Waals surface area contributed by atoms with Crippen LogP contribution < -0.4 is 0 Å². The van der Waals surface area contributed by atoms with E-state index >= 15 is 0 Å². The summed E-state index contributed by atoms with van der Waals surface area (Å²) in [7, 11) is 0. The quantitative estimate of drug-likeness (QED) is 0.536. The Morgan fingerprint density at radius 2 is 1.85 bits per heavy atom. The molecule has 1 atom stereocenters. The number of nitrogens with zero attached hydrogens (tertiary/aromatic N) is 1. The van der Waals surface area contributed by atoms with E-state index in [9.17, 15) is 14.7 Å². The van der Waals surface area contributed by atoms with E-state index in [0.29, 0.717) is 16.1 Å². The first-order valence-corrected chi connectivity index (χ1v) is 8.43. The van der Waals surface area contributed by atoms with Gasteiger partial charge in [0.2, 0.25) is 0 Å². The number of pyridine rings is 1. The summed E-state index contributed by atoms with van der Waals surface area (Å²) in [5.74, 6) is -3.37. The fraction of sp³-hybridized carbons (Fsp3) is 0.150. The van der Waals surface area contributed by atoms with Crippen LogP contribution in [0.4, 0.5) is 0 Å². The Morgan fingerprint density at radius 1 is 1.12 bits per heavy atom. The van der Waals surface area contributed by atoms with E-state index in [1.165, 1.54) is 0 Å². The Labute approximate surface area is 155 Å². The van der Waals surface area contributed by atoms with Crippen molar-refractivity contribution in [3.8, 4) is 11.3 Å². The molecule has 1 N–H and O–H groups in total. The second kappa shape index (κ2) is 7.54. The average molecular weight is 370 g/mol. The lowest BCUT2D eigenvalue weighted by atomic mass is 9.97. The molecule has 0 aliphatic carbocycles. The van der Waals surface area contributed by atoms with Crippen molar-refractivity contribution in [2.24, 2.45) is 0 Å². The molecular weight excluding hydrogens is 354 g/mol. The van der Waals surface area contributed by atoms with Crippen molar-refractivity contribution in [3.63, 3.8) is 0 Å². The van der Waals surface area contributed by atoms with Crippen LogP contribution in [0.2, 0.25) is 5.02 Å². The molecule has 0 saturated carbocycles. The lowest BCUT2D eigenvalue weighted by Gasteiger charge is -2.12. The SMILES string of the molecule is CCOC(=O)C(C(=O)O)c1ccc2nc(-c3ccc(Cl)cc3)ccc2c1. The minimum absolute atomic E-state index is 0.127. The molecule has 0 saturated heterocycles. The lowest BCUT2D eigenvalue weighted by Crippen LogP contribution is -2.23. The summed E-state index contributed by atoms with van der Waals surface area (Å²) in [5.41, 5.74) is 2.77. The molecule has 0 aliphatic rings. The molecule has 1 unspecified atom stereocenters. The van der Waals surface area contributed by atoms with Gasteiger partial charge in [-0.1, -0.05) is 35.9 Å². The van der Waals surface area contributed by atoms with Gasteiger partial charge in [-0.2, -0.15) is 0 Å². The maximum absolute atomic E-state index is 12.0. The number of aliphatic carboxylic acids is 1. The van der Waals surface area contributed by atoms with Gasteiger partial charge in [-0.05, 0) is 42.8 Å². The van der Waals surface area contributed by atoms with E-state index in [2.05, 4.69) is 4.98 Å². The number of carbonyl (C=O) groups excluding carboxylic acids is 1. The van der Waals surface area contributed by atoms with Crippen molar-refractivity contribution in [2.45, 2.75) is 12.8 Å². The first-order chi connectivity index (χ1) is 12.5. The first kappa shape index (κ1) is 17.9. The highest BCUT2D eigenvalue weighted by Crippen LogP contribution is 2.26. The lowest BCUT2D eigenvalue weighted by molar-refractivity contribution is -0.153. The summed E-state index contributed by atoms with van der Waals surface area (Å²) in [5, 5.41) is 10.8. The van der Waals surface area contributed by atoms with Gasteiger partial charge in [0.15, 0.2) is 5.92 Å². The number of hydrogen-bond donors (Lipinski definition) is 1. The fourth-order valence-electron chi connectivity index (χ4n) is 2.71. The van der Waals surface area contributed by atoms with Crippen molar-refractivity contribution in [1.82, 2.24) is 4.98 Å². The molecule has 3 aromatic rings. The zero-order valence-corrected chi connectivity index (χ0v) is 14.7. The predicted octanol–water partition coefficient (Wildman–Crippen LogP) is 4.29. The van der Waals surface area contributed by atoms with Gasteiger partial charge >= 0.3 is 11.9 Å². The van der Waals surface area contributed by atoms with E-state index in [1.54, 1.807) is 37.3 Å². The number of ether oxygens (including phenoxy) is 1. The Hall–Kier alpha value is -2.92. The highest BCUT2D eigenvalue weighted by Gasteiger charge is 2.29. The summed E-state index contributed by atoms with van der Waals surface area (Å²) >= 11 is 5.91. The zero-order chi connectivity index (χ0) is 18.7. The maximum Gasteiger partial charge on any atom is 0.324 e. The molecule has 0 bridgehead atoms. The minimum atomic E-state index is -1.35. The average Bonchev–Trinajstić information content (AvgIpc) is 2.62. The van der Waals surface area contributed by atoms with Gasteiger partial charge in [-0.3, -0.25) is 9.59 Å². The van der Waals surface area contributed by atoms with Crippen LogP contribution in [0.25, 0.3) is 22.2 Å². The summed E-state index contributed by atoms with van der Waals surface area (Å²) in [6.45, 7) is 1.77. The maximum atomic E-state index is 12.0. The molecule has 0 spiro atoms. The minimum Gasteiger partial charge on any atom is -0.480 e. The highest BCUT2D eigenvalue weighted by molar-refractivity contribution is 6.30. The Morgan fingerprint density at radius 3 is 2.50 bits per heavy atom. The monoisotopic (exact) mass is 369 g/mol. The number of carboxylic acids is 1. The summed E-state index contributed by atoms with van der Waals surface area (Å²) in [6, 6.07) is 16.0. The largest absolute Gasteiger partial charge is 0.480 e. The first-order valence-electron chi connectivity index (χ1n) is 8.05. The van der Waals surface area contributed by atoms with E-state index in [1.807, 2.05) is 24.3 Å². The van der Waals surface area contributed by atoms with Crippen molar-refractivity contribution in [2.75, 3.05) is 6.61 Å². The highest BCUT2D eigenvalue weighted by atomic mass is 35.5. The van der Waals surface area contributed by atoms with Crippen LogP contribution in [0.5, 0.6) is 0 Å². The zero-order valence-electron chi connectivity index (χ0n) is 14.0. The number of carboxylic acid groups (broad SMARTS) is 1. The van der Waals surface area contributed by atoms with Gasteiger partial charge in [0.05, 0.1) is 17.8 Å². The van der Waals surface area contributed by atoms with E-state index in [-0.39, 0.29) is 6.61 Å². The van der Waals surface area contributed by atoms with Gasteiger partial charge in [-0.25, -0.2) is 4.98 Å². The van der Waals surface area contributed by atoms with Crippen molar-refractivity contribution < 1.29 is 19.4 Å². The second-order valence-electron chi connectivity index (χ2n) is 5.68. The molecule has 1 aromatic heterocycles. The van der Waals surface area contributed by atoms with Gasteiger partial charge in [-0.15, -0.1) is 0 Å². The number of esters is 1. The van der Waals surface area contributed by atoms with Crippen LogP contribution >= 0.6 is 11.6 Å². The summed E-state index contributed by atoms with van der Waals surface area (Å²) in [6.07, 6.45) is 0. The van der Waals surface area contributed by atoms with Crippen LogP contribution in [0.3, 0.4) is 0 Å². The van der Waals surface area contributed by atoms with Crippen molar-refractivity contribution >= 4 is 34.4 Å². The number of benzene rings is 2. The van der Waals surface area contributed by atoms with Gasteiger partial charge in [0, 0.05) is 16.0 Å². The molecule has 0 amide bonds. The van der Waals surface area contributed by atoms with E-state index in [4.69, 9.17) is 16.3 Å². The number of carbonyl (C=O) groups is 2. The Bertz CT molecular complexity index is 969. The molecule has 2 aromatic carbocycles.